The van der Waals surface area contributed by atoms with Crippen molar-refractivity contribution < 1.29 is 9.59 Å². The first-order valence-electron chi connectivity index (χ1n) is 6.34. The van der Waals surface area contributed by atoms with Crippen molar-refractivity contribution in [3.05, 3.63) is 15.9 Å². The molecule has 19 heavy (non-hydrogen) atoms. The Morgan fingerprint density at radius 2 is 2.00 bits per heavy atom. The van der Waals surface area contributed by atoms with Gasteiger partial charge in [0.05, 0.1) is 27.8 Å². The van der Waals surface area contributed by atoms with E-state index in [-0.39, 0.29) is 24.8 Å². The fourth-order valence-corrected chi connectivity index (χ4v) is 2.77. The van der Waals surface area contributed by atoms with Crippen LogP contribution in [0.15, 0.2) is 4.47 Å². The lowest BCUT2D eigenvalue weighted by Crippen LogP contribution is -2.33. The van der Waals surface area contributed by atoms with Crippen molar-refractivity contribution >= 4 is 27.7 Å². The van der Waals surface area contributed by atoms with Crippen molar-refractivity contribution in [1.82, 2.24) is 14.7 Å². The number of aromatic nitrogens is 2. The summed E-state index contributed by atoms with van der Waals surface area (Å²) in [4.78, 5) is 25.5. The molecule has 0 unspecified atom stereocenters. The van der Waals surface area contributed by atoms with Gasteiger partial charge in [-0.05, 0) is 29.8 Å². The molecule has 1 fully saturated rings. The largest absolute Gasteiger partial charge is 0.276 e. The predicted molar refractivity (Wildman–Crippen MR) is 74.3 cm³/mol. The summed E-state index contributed by atoms with van der Waals surface area (Å²) in [6.45, 7) is 8.50. The van der Waals surface area contributed by atoms with Gasteiger partial charge in [-0.1, -0.05) is 13.8 Å². The van der Waals surface area contributed by atoms with Gasteiger partial charge in [-0.15, -0.1) is 0 Å². The molecular formula is C13H18BrN3O2. The number of halogens is 1. The molecule has 2 amide bonds. The third-order valence-corrected chi connectivity index (χ3v) is 4.51. The second kappa shape index (κ2) is 4.74. The number of carbonyl (C=O) groups is 2. The van der Waals surface area contributed by atoms with Crippen LogP contribution in [0.2, 0.25) is 0 Å². The van der Waals surface area contributed by atoms with Crippen LogP contribution in [0.4, 0.5) is 0 Å². The highest BCUT2D eigenvalue weighted by Gasteiger charge is 2.45. The van der Waals surface area contributed by atoms with Crippen LogP contribution in [0.1, 0.15) is 38.6 Å². The number of hydrogen-bond acceptors (Lipinski definition) is 3. The van der Waals surface area contributed by atoms with Crippen LogP contribution in [0.3, 0.4) is 0 Å². The second-order valence-corrected chi connectivity index (χ2v) is 6.30. The van der Waals surface area contributed by atoms with Crippen molar-refractivity contribution in [2.24, 2.45) is 5.41 Å². The maximum atomic E-state index is 12.2. The molecule has 1 saturated heterocycles. The van der Waals surface area contributed by atoms with Gasteiger partial charge in [0.2, 0.25) is 11.8 Å². The number of hydrogen-bond donors (Lipinski definition) is 0. The quantitative estimate of drug-likeness (QED) is 0.800. The molecule has 0 saturated carbocycles. The summed E-state index contributed by atoms with van der Waals surface area (Å²) in [5, 5.41) is 4.38. The molecule has 0 N–H and O–H groups in total. The SMILES string of the molecule is CCn1nc(C)c(Br)c1CN1C(=O)CC(C)(C)C1=O. The fraction of sp³-hybridized carbons (Fsp3) is 0.615. The van der Waals surface area contributed by atoms with Gasteiger partial charge in [0.15, 0.2) is 0 Å². The molecule has 6 heteroatoms. The number of imide groups is 1. The highest BCUT2D eigenvalue weighted by molar-refractivity contribution is 9.10. The van der Waals surface area contributed by atoms with E-state index in [4.69, 9.17) is 0 Å². The van der Waals surface area contributed by atoms with Gasteiger partial charge < -0.3 is 0 Å². The third-order valence-electron chi connectivity index (χ3n) is 3.48. The Labute approximate surface area is 121 Å². The normalized spacial score (nSPS) is 18.5. The zero-order chi connectivity index (χ0) is 14.4. The monoisotopic (exact) mass is 327 g/mol. The molecule has 2 heterocycles. The molecule has 0 aromatic carbocycles. The standard InChI is InChI=1S/C13H18BrN3O2/c1-5-17-9(11(14)8(2)15-17)7-16-10(18)6-13(3,4)12(16)19/h5-7H2,1-4H3. The Balaban J connectivity index is 2.32. The van der Waals surface area contributed by atoms with Crippen molar-refractivity contribution in [2.45, 2.75) is 47.2 Å². The smallest absolute Gasteiger partial charge is 0.235 e. The maximum absolute atomic E-state index is 12.2. The second-order valence-electron chi connectivity index (χ2n) is 5.51. The van der Waals surface area contributed by atoms with E-state index in [0.29, 0.717) is 6.54 Å². The van der Waals surface area contributed by atoms with Gasteiger partial charge in [0.1, 0.15) is 0 Å². The van der Waals surface area contributed by atoms with Crippen LogP contribution >= 0.6 is 15.9 Å². The van der Waals surface area contributed by atoms with Gasteiger partial charge in [-0.2, -0.15) is 5.10 Å². The predicted octanol–water partition coefficient (Wildman–Crippen LogP) is 2.26. The minimum Gasteiger partial charge on any atom is -0.276 e. The summed E-state index contributed by atoms with van der Waals surface area (Å²) in [5.41, 5.74) is 1.16. The van der Waals surface area contributed by atoms with E-state index in [9.17, 15) is 9.59 Å². The molecular weight excluding hydrogens is 310 g/mol. The Bertz CT molecular complexity index is 548. The van der Waals surface area contributed by atoms with Crippen LogP contribution in [0, 0.1) is 12.3 Å². The van der Waals surface area contributed by atoms with Gasteiger partial charge in [-0.3, -0.25) is 19.2 Å². The summed E-state index contributed by atoms with van der Waals surface area (Å²) < 4.78 is 2.70. The lowest BCUT2D eigenvalue weighted by atomic mass is 9.92. The van der Waals surface area contributed by atoms with Crippen LogP contribution < -0.4 is 0 Å². The van der Waals surface area contributed by atoms with Crippen LogP contribution in [-0.2, 0) is 22.7 Å². The summed E-state index contributed by atoms with van der Waals surface area (Å²) in [5.74, 6) is -0.214. The molecule has 1 aromatic rings. The van der Waals surface area contributed by atoms with Gasteiger partial charge >= 0.3 is 0 Å². The molecule has 5 nitrogen and oxygen atoms in total. The third kappa shape index (κ3) is 2.33. The molecule has 0 radical (unpaired) electrons. The zero-order valence-corrected chi connectivity index (χ0v) is 13.2. The maximum Gasteiger partial charge on any atom is 0.235 e. The van der Waals surface area contributed by atoms with Crippen molar-refractivity contribution in [1.29, 1.82) is 0 Å². The Morgan fingerprint density at radius 1 is 1.37 bits per heavy atom. The van der Waals surface area contributed by atoms with E-state index in [1.807, 2.05) is 32.4 Å². The van der Waals surface area contributed by atoms with E-state index in [0.717, 1.165) is 15.9 Å². The Kier molecular flexibility index (Phi) is 3.55. The van der Waals surface area contributed by atoms with E-state index >= 15 is 0 Å². The minimum atomic E-state index is -0.588. The molecule has 2 rings (SSSR count). The molecule has 0 spiro atoms. The minimum absolute atomic E-state index is 0.106. The lowest BCUT2D eigenvalue weighted by Gasteiger charge is -2.18. The number of likely N-dealkylation sites (tertiary alicyclic amines) is 1. The first-order valence-corrected chi connectivity index (χ1v) is 7.13. The topological polar surface area (TPSA) is 55.2 Å². The summed E-state index contributed by atoms with van der Waals surface area (Å²) in [6, 6.07) is 0. The van der Waals surface area contributed by atoms with Crippen molar-refractivity contribution in [3.63, 3.8) is 0 Å². The molecule has 1 aliphatic rings. The summed E-state index contributed by atoms with van der Waals surface area (Å²) in [7, 11) is 0. The van der Waals surface area contributed by atoms with Crippen LogP contribution in [0.25, 0.3) is 0 Å². The summed E-state index contributed by atoms with van der Waals surface area (Å²) >= 11 is 3.48. The molecule has 0 aliphatic carbocycles. The average molecular weight is 328 g/mol. The van der Waals surface area contributed by atoms with E-state index < -0.39 is 5.41 Å². The molecule has 0 bridgehead atoms. The highest BCUT2D eigenvalue weighted by Crippen LogP contribution is 2.33. The molecule has 0 atom stereocenters. The molecule has 1 aliphatic heterocycles. The fourth-order valence-electron chi connectivity index (χ4n) is 2.36. The van der Waals surface area contributed by atoms with Gasteiger partial charge in [0.25, 0.3) is 0 Å². The summed E-state index contributed by atoms with van der Waals surface area (Å²) in [6.07, 6.45) is 0.280. The number of nitrogens with zero attached hydrogens (tertiary/aromatic N) is 3. The first-order chi connectivity index (χ1) is 8.77. The first kappa shape index (κ1) is 14.2. The van der Waals surface area contributed by atoms with Gasteiger partial charge in [-0.25, -0.2) is 0 Å². The van der Waals surface area contributed by atoms with E-state index in [1.54, 1.807) is 0 Å². The van der Waals surface area contributed by atoms with Gasteiger partial charge in [0, 0.05) is 13.0 Å². The molecule has 1 aromatic heterocycles. The average Bonchev–Trinajstić information content (AvgIpc) is 2.70. The number of rotatable bonds is 3. The van der Waals surface area contributed by atoms with E-state index in [2.05, 4.69) is 21.0 Å². The Morgan fingerprint density at radius 3 is 2.47 bits per heavy atom. The zero-order valence-electron chi connectivity index (χ0n) is 11.7. The Hall–Kier alpha value is -1.17. The van der Waals surface area contributed by atoms with Crippen molar-refractivity contribution in [3.8, 4) is 0 Å². The number of aryl methyl sites for hydroxylation is 2. The van der Waals surface area contributed by atoms with Crippen molar-refractivity contribution in [2.75, 3.05) is 0 Å². The number of amides is 2. The van der Waals surface area contributed by atoms with Crippen LogP contribution in [-0.4, -0.2) is 26.5 Å². The van der Waals surface area contributed by atoms with E-state index in [1.165, 1.54) is 4.90 Å². The molecule has 104 valence electrons. The highest BCUT2D eigenvalue weighted by atomic mass is 79.9. The van der Waals surface area contributed by atoms with Crippen LogP contribution in [0.5, 0.6) is 0 Å². The lowest BCUT2D eigenvalue weighted by molar-refractivity contribution is -0.141. The number of carbonyl (C=O) groups excluding carboxylic acids is 2.